The predicted octanol–water partition coefficient (Wildman–Crippen LogP) is 0.260. The molecule has 0 rings (SSSR count). The lowest BCUT2D eigenvalue weighted by atomic mass is 10.2. The topological polar surface area (TPSA) is 106 Å². The Morgan fingerprint density at radius 3 is 2.31 bits per heavy atom. The van der Waals surface area contributed by atoms with Crippen LogP contribution in [-0.2, 0) is 4.79 Å². The second kappa shape index (κ2) is 4.05. The van der Waals surface area contributed by atoms with Gasteiger partial charge in [-0.15, -0.1) is 0 Å². The van der Waals surface area contributed by atoms with E-state index in [0.717, 1.165) is 6.08 Å². The van der Waals surface area contributed by atoms with Gasteiger partial charge in [-0.2, -0.15) is 0 Å². The summed E-state index contributed by atoms with van der Waals surface area (Å²) in [5.41, 5.74) is 3.58. The number of carboxylic acid groups (broad SMARTS) is 1. The normalized spacial score (nSPS) is 11.4. The van der Waals surface area contributed by atoms with Gasteiger partial charge in [0.05, 0.1) is 10.5 Å². The summed E-state index contributed by atoms with van der Waals surface area (Å²) in [6, 6.07) is 0. The number of carbonyl (C=O) groups is 1. The van der Waals surface area contributed by atoms with Gasteiger partial charge in [-0.05, 0) is 0 Å². The van der Waals surface area contributed by atoms with Gasteiger partial charge >= 0.3 is 5.97 Å². The number of nitrogens with two attached hydrogens (primary N) is 1. The average Bonchev–Trinajstić information content (AvgIpc) is 2.03. The molecule has 0 aliphatic rings. The van der Waals surface area contributed by atoms with Crippen LogP contribution in [0, 0.1) is 10.1 Å². The van der Waals surface area contributed by atoms with E-state index >= 15 is 0 Å². The Kier molecular flexibility index (Phi) is 3.39. The monoisotopic (exact) mass is 184 g/mol. The molecule has 0 amide bonds. The van der Waals surface area contributed by atoms with Gasteiger partial charge < -0.3 is 10.8 Å². The maximum absolute atomic E-state index is 10.3. The van der Waals surface area contributed by atoms with Gasteiger partial charge in [0.15, 0.2) is 0 Å². The van der Waals surface area contributed by atoms with Gasteiger partial charge in [0.2, 0.25) is 0 Å². The highest BCUT2D eigenvalue weighted by Gasteiger charge is 2.18. The summed E-state index contributed by atoms with van der Waals surface area (Å²) in [5, 5.41) is 18.7. The van der Waals surface area contributed by atoms with Gasteiger partial charge in [-0.1, -0.05) is 13.2 Å². The molecule has 0 radical (unpaired) electrons. The number of hydrogen-bond acceptors (Lipinski definition) is 4. The minimum Gasteiger partial charge on any atom is -0.478 e. The third-order valence-corrected chi connectivity index (χ3v) is 1.25. The zero-order valence-electron chi connectivity index (χ0n) is 6.69. The minimum absolute atomic E-state index is 0.493. The van der Waals surface area contributed by atoms with E-state index < -0.39 is 27.9 Å². The summed E-state index contributed by atoms with van der Waals surface area (Å²) >= 11 is 0. The van der Waals surface area contributed by atoms with Crippen LogP contribution in [0.25, 0.3) is 0 Å². The van der Waals surface area contributed by atoms with Crippen molar-refractivity contribution < 1.29 is 14.8 Å². The van der Waals surface area contributed by atoms with Crippen molar-refractivity contribution in [2.75, 3.05) is 0 Å². The molecule has 0 spiro atoms. The molecule has 0 heterocycles. The largest absolute Gasteiger partial charge is 0.478 e. The minimum atomic E-state index is -1.40. The van der Waals surface area contributed by atoms with E-state index in [-0.39, 0.29) is 0 Å². The van der Waals surface area contributed by atoms with Crippen LogP contribution in [0.15, 0.2) is 36.2 Å². The smallest absolute Gasteiger partial charge is 0.337 e. The number of nitrogens with zero attached hydrogens (tertiary/aromatic N) is 1. The van der Waals surface area contributed by atoms with Crippen molar-refractivity contribution in [1.82, 2.24) is 0 Å². The first-order chi connectivity index (χ1) is 5.91. The Bertz CT molecular complexity index is 316. The first-order valence-corrected chi connectivity index (χ1v) is 3.11. The van der Waals surface area contributed by atoms with Crippen molar-refractivity contribution in [3.05, 3.63) is 46.3 Å². The van der Waals surface area contributed by atoms with E-state index in [4.69, 9.17) is 10.8 Å². The van der Waals surface area contributed by atoms with Crippen LogP contribution in [0.1, 0.15) is 0 Å². The Labute approximate surface area is 73.8 Å². The molecule has 0 fully saturated rings. The first-order valence-electron chi connectivity index (χ1n) is 3.11. The second-order valence-electron chi connectivity index (χ2n) is 2.04. The van der Waals surface area contributed by atoms with Crippen molar-refractivity contribution in [3.8, 4) is 0 Å². The first kappa shape index (κ1) is 10.9. The van der Waals surface area contributed by atoms with E-state index in [2.05, 4.69) is 13.2 Å². The fourth-order valence-electron chi connectivity index (χ4n) is 0.553. The van der Waals surface area contributed by atoms with Crippen molar-refractivity contribution in [2.45, 2.75) is 0 Å². The highest BCUT2D eigenvalue weighted by molar-refractivity contribution is 5.90. The van der Waals surface area contributed by atoms with Gasteiger partial charge in [-0.25, -0.2) is 4.79 Å². The molecule has 0 atom stereocenters. The van der Waals surface area contributed by atoms with Crippen LogP contribution in [0.4, 0.5) is 0 Å². The Morgan fingerprint density at radius 1 is 1.62 bits per heavy atom. The predicted molar refractivity (Wildman–Crippen MR) is 45.2 cm³/mol. The second-order valence-corrected chi connectivity index (χ2v) is 2.04. The highest BCUT2D eigenvalue weighted by Crippen LogP contribution is 2.09. The van der Waals surface area contributed by atoms with Crippen LogP contribution in [0.5, 0.6) is 0 Å². The van der Waals surface area contributed by atoms with Gasteiger partial charge in [0, 0.05) is 6.08 Å². The summed E-state index contributed by atoms with van der Waals surface area (Å²) in [7, 11) is 0. The van der Waals surface area contributed by atoms with Crippen molar-refractivity contribution in [1.29, 1.82) is 0 Å². The SMILES string of the molecule is C=C/C(=C(/N)C(=C)C(=O)O)[N+](=O)[O-]. The maximum atomic E-state index is 10.3. The van der Waals surface area contributed by atoms with Gasteiger partial charge in [0.1, 0.15) is 5.70 Å². The third kappa shape index (κ3) is 2.44. The number of rotatable bonds is 4. The summed E-state index contributed by atoms with van der Waals surface area (Å²) in [6.07, 6.45) is 0.865. The molecule has 0 saturated heterocycles. The lowest BCUT2D eigenvalue weighted by Crippen LogP contribution is -2.14. The number of carboxylic acids is 1. The summed E-state index contributed by atoms with van der Waals surface area (Å²) in [4.78, 5) is 19.8. The lowest BCUT2D eigenvalue weighted by Gasteiger charge is -1.99. The fraction of sp³-hybridized carbons (Fsp3) is 0. The molecule has 0 aromatic heterocycles. The third-order valence-electron chi connectivity index (χ3n) is 1.25. The molecule has 70 valence electrons. The van der Waals surface area contributed by atoms with Crippen LogP contribution >= 0.6 is 0 Å². The number of nitro groups is 1. The molecule has 0 saturated carbocycles. The summed E-state index contributed by atoms with van der Waals surface area (Å²) in [6.45, 7) is 6.20. The van der Waals surface area contributed by atoms with E-state index in [9.17, 15) is 14.9 Å². The lowest BCUT2D eigenvalue weighted by molar-refractivity contribution is -0.420. The molecule has 3 N–H and O–H groups in total. The molecule has 0 aliphatic heterocycles. The molecular formula is C7H8N2O4. The van der Waals surface area contributed by atoms with E-state index in [0.29, 0.717) is 0 Å². The molecular weight excluding hydrogens is 176 g/mol. The number of hydrogen-bond donors (Lipinski definition) is 2. The van der Waals surface area contributed by atoms with Crippen molar-refractivity contribution in [2.24, 2.45) is 5.73 Å². The van der Waals surface area contributed by atoms with Gasteiger partial charge in [0.25, 0.3) is 5.70 Å². The zero-order valence-corrected chi connectivity index (χ0v) is 6.69. The quantitative estimate of drug-likeness (QED) is 0.282. The summed E-state index contributed by atoms with van der Waals surface area (Å²) in [5.74, 6) is -1.40. The summed E-state index contributed by atoms with van der Waals surface area (Å²) < 4.78 is 0. The van der Waals surface area contributed by atoms with Crippen LogP contribution in [0.3, 0.4) is 0 Å². The molecule has 6 heteroatoms. The number of allylic oxidation sites excluding steroid dienone is 1. The molecule has 0 bridgehead atoms. The molecule has 0 aliphatic carbocycles. The molecule has 0 unspecified atom stereocenters. The Morgan fingerprint density at radius 2 is 2.08 bits per heavy atom. The van der Waals surface area contributed by atoms with Crippen molar-refractivity contribution >= 4 is 5.97 Å². The number of aliphatic carboxylic acids is 1. The highest BCUT2D eigenvalue weighted by atomic mass is 16.6. The standard InChI is InChI=1S/C7H8N2O4/c1-3-5(9(12)13)6(8)4(2)7(10)11/h3H,1-2,8H2,(H,10,11)/b6-5-. The molecule has 0 aromatic carbocycles. The molecule has 13 heavy (non-hydrogen) atoms. The Hall–Kier alpha value is -2.11. The van der Waals surface area contributed by atoms with Gasteiger partial charge in [-0.3, -0.25) is 10.1 Å². The Balaban J connectivity index is 5.20. The average molecular weight is 184 g/mol. The van der Waals surface area contributed by atoms with Crippen LogP contribution < -0.4 is 5.73 Å². The fourth-order valence-corrected chi connectivity index (χ4v) is 0.553. The molecule has 0 aromatic rings. The van der Waals surface area contributed by atoms with Crippen LogP contribution in [-0.4, -0.2) is 16.0 Å². The van der Waals surface area contributed by atoms with E-state index in [1.807, 2.05) is 0 Å². The maximum Gasteiger partial charge on any atom is 0.337 e. The van der Waals surface area contributed by atoms with Crippen molar-refractivity contribution in [3.63, 3.8) is 0 Å². The zero-order chi connectivity index (χ0) is 10.6. The van der Waals surface area contributed by atoms with E-state index in [1.165, 1.54) is 0 Å². The van der Waals surface area contributed by atoms with E-state index in [1.54, 1.807) is 0 Å². The molecule has 6 nitrogen and oxygen atoms in total. The van der Waals surface area contributed by atoms with Crippen LogP contribution in [0.2, 0.25) is 0 Å².